The lowest BCUT2D eigenvalue weighted by Crippen LogP contribution is -2.32. The maximum Gasteiger partial charge on any atom is 0.474 e. The van der Waals surface area contributed by atoms with Gasteiger partial charge >= 0.3 is 13.8 Å². The van der Waals surface area contributed by atoms with Gasteiger partial charge in [0.2, 0.25) is 0 Å². The molecule has 0 heterocycles. The van der Waals surface area contributed by atoms with Crippen LogP contribution in [-0.4, -0.2) is 52.5 Å². The van der Waals surface area contributed by atoms with Crippen LogP contribution in [0.3, 0.4) is 0 Å². The Morgan fingerprint density at radius 2 is 1.50 bits per heavy atom. The Balaban J connectivity index is 3.59. The minimum Gasteiger partial charge on any atom is -0.464 e. The van der Waals surface area contributed by atoms with Gasteiger partial charge < -0.3 is 15.8 Å². The Kier molecular flexibility index (Phi) is 23.4. The second-order valence-corrected chi connectivity index (χ2v) is 10.4. The highest BCUT2D eigenvalue weighted by Gasteiger charge is 2.25. The van der Waals surface area contributed by atoms with Crippen molar-refractivity contribution in [1.82, 2.24) is 5.32 Å². The van der Waals surface area contributed by atoms with E-state index in [1.165, 1.54) is 64.9 Å². The molecular weight excluding hydrogens is 455 g/mol. The predicted octanol–water partition coefficient (Wildman–Crippen LogP) is 5.90. The third-order valence-corrected chi connectivity index (χ3v) is 6.78. The summed E-state index contributed by atoms with van der Waals surface area (Å²) in [7, 11) is -0.639. The Labute approximate surface area is 208 Å². The van der Waals surface area contributed by atoms with Crippen molar-refractivity contribution in [3.63, 3.8) is 0 Å². The van der Waals surface area contributed by atoms with Gasteiger partial charge in [0.15, 0.2) is 0 Å². The van der Waals surface area contributed by atoms with Gasteiger partial charge in [-0.05, 0) is 39.2 Å². The molecule has 0 rings (SSSR count). The summed E-state index contributed by atoms with van der Waals surface area (Å²) in [6.07, 6.45) is 20.9. The first-order chi connectivity index (χ1) is 16.5. The number of esters is 1. The van der Waals surface area contributed by atoms with Gasteiger partial charge in [-0.3, -0.25) is 18.4 Å². The molecule has 34 heavy (non-hydrogen) atoms. The van der Waals surface area contributed by atoms with Crippen molar-refractivity contribution in [2.45, 2.75) is 103 Å². The first-order valence-corrected chi connectivity index (χ1v) is 14.6. The molecule has 8 nitrogen and oxygen atoms in total. The predicted molar refractivity (Wildman–Crippen MR) is 139 cm³/mol. The molecule has 9 heteroatoms. The number of phosphoric ester groups is 1. The highest BCUT2D eigenvalue weighted by atomic mass is 31.2. The summed E-state index contributed by atoms with van der Waals surface area (Å²) in [5, 5.41) is 2.87. The van der Waals surface area contributed by atoms with Crippen LogP contribution < -0.4 is 11.1 Å². The largest absolute Gasteiger partial charge is 0.474 e. The van der Waals surface area contributed by atoms with Crippen LogP contribution in [0.15, 0.2) is 12.2 Å². The lowest BCUT2D eigenvalue weighted by Gasteiger charge is -2.18. The van der Waals surface area contributed by atoms with Gasteiger partial charge in [0.1, 0.15) is 6.61 Å². The smallest absolute Gasteiger partial charge is 0.464 e. The number of ether oxygens (including phenoxy) is 1. The fraction of sp³-hybridized carbons (Fsp3) is 0.880. The number of carbonyl (C=O) groups is 1. The Hall–Kier alpha value is -0.760. The monoisotopic (exact) mass is 506 g/mol. The number of hydrogen-bond acceptors (Lipinski definition) is 8. The number of phosphoric acid groups is 1. The van der Waals surface area contributed by atoms with Crippen LogP contribution >= 0.6 is 7.82 Å². The number of rotatable bonds is 25. The molecule has 0 aliphatic rings. The average Bonchev–Trinajstić information content (AvgIpc) is 2.84. The summed E-state index contributed by atoms with van der Waals surface area (Å²) >= 11 is 0. The molecular formula is C25H51N2O6P. The topological polar surface area (TPSA) is 109 Å². The molecule has 0 saturated heterocycles. The Bertz CT molecular complexity index is 547. The fourth-order valence-electron chi connectivity index (χ4n) is 3.25. The number of nitrogens with one attached hydrogen (secondary N) is 1. The molecule has 2 unspecified atom stereocenters. The number of hydrogen-bond donors (Lipinski definition) is 2. The molecule has 0 spiro atoms. The van der Waals surface area contributed by atoms with Gasteiger partial charge in [-0.15, -0.1) is 0 Å². The van der Waals surface area contributed by atoms with Crippen LogP contribution in [0.25, 0.3) is 0 Å². The molecule has 0 aliphatic carbocycles. The third-order valence-electron chi connectivity index (χ3n) is 5.37. The highest BCUT2D eigenvalue weighted by molar-refractivity contribution is 7.48. The zero-order valence-corrected chi connectivity index (χ0v) is 22.8. The number of allylic oxidation sites excluding steroid dienone is 2. The molecule has 202 valence electrons. The summed E-state index contributed by atoms with van der Waals surface area (Å²) in [5.41, 5.74) is 5.87. The summed E-state index contributed by atoms with van der Waals surface area (Å²) < 4.78 is 32.5. The molecule has 0 radical (unpaired) electrons. The van der Waals surface area contributed by atoms with Crippen LogP contribution in [0, 0.1) is 0 Å². The van der Waals surface area contributed by atoms with Crippen LogP contribution in [0.4, 0.5) is 0 Å². The van der Waals surface area contributed by atoms with Crippen LogP contribution in [0.5, 0.6) is 0 Å². The van der Waals surface area contributed by atoms with Gasteiger partial charge in [-0.1, -0.05) is 70.4 Å². The molecule has 0 aromatic heterocycles. The van der Waals surface area contributed by atoms with Crippen LogP contribution in [0.1, 0.15) is 96.8 Å². The summed E-state index contributed by atoms with van der Waals surface area (Å²) in [6.45, 7) is 2.86. The van der Waals surface area contributed by atoms with Crippen molar-refractivity contribution < 1.29 is 27.7 Å². The first-order valence-electron chi connectivity index (χ1n) is 13.1. The van der Waals surface area contributed by atoms with Gasteiger partial charge in [0.25, 0.3) is 0 Å². The normalized spacial score (nSPS) is 14.4. The zero-order chi connectivity index (χ0) is 25.3. The molecule has 0 bridgehead atoms. The SMILES string of the molecule is CCCCCCCC/C=C\CCCCCCCC(=O)OCC(N)COP(=O)(OC)OCCNC. The Morgan fingerprint density at radius 3 is 2.09 bits per heavy atom. The summed E-state index contributed by atoms with van der Waals surface area (Å²) in [4.78, 5) is 11.9. The van der Waals surface area contributed by atoms with E-state index in [4.69, 9.17) is 24.0 Å². The molecule has 3 N–H and O–H groups in total. The van der Waals surface area contributed by atoms with E-state index in [1.54, 1.807) is 7.05 Å². The zero-order valence-electron chi connectivity index (χ0n) is 21.9. The minimum absolute atomic E-state index is 0.00411. The van der Waals surface area contributed by atoms with Crippen molar-refractivity contribution in [3.05, 3.63) is 12.2 Å². The van der Waals surface area contributed by atoms with Crippen molar-refractivity contribution >= 4 is 13.8 Å². The number of likely N-dealkylation sites (N-methyl/N-ethyl adjacent to an activating group) is 1. The third kappa shape index (κ3) is 21.8. The molecule has 0 aromatic rings. The quantitative estimate of drug-likeness (QED) is 0.0681. The highest BCUT2D eigenvalue weighted by Crippen LogP contribution is 2.48. The van der Waals surface area contributed by atoms with E-state index in [-0.39, 0.29) is 25.8 Å². The summed E-state index contributed by atoms with van der Waals surface area (Å²) in [5.74, 6) is -0.270. The van der Waals surface area contributed by atoms with E-state index in [0.29, 0.717) is 13.0 Å². The standard InChI is InChI=1S/C25H51N2O6P/c1-4-5-6-7-8-9-10-11-12-13-14-15-16-17-18-19-25(28)31-22-24(26)23-33-34(29,30-3)32-21-20-27-2/h11-12,24,27H,4-10,13-23,26H2,1-3H3/b12-11-. The number of nitrogens with two attached hydrogens (primary N) is 1. The van der Waals surface area contributed by atoms with E-state index in [0.717, 1.165) is 25.7 Å². The molecule has 0 amide bonds. The van der Waals surface area contributed by atoms with Crippen LogP contribution in [0.2, 0.25) is 0 Å². The second-order valence-electron chi connectivity index (χ2n) is 8.64. The van der Waals surface area contributed by atoms with Crippen molar-refractivity contribution in [3.8, 4) is 0 Å². The van der Waals surface area contributed by atoms with Crippen molar-refractivity contribution in [1.29, 1.82) is 0 Å². The van der Waals surface area contributed by atoms with Gasteiger partial charge in [0, 0.05) is 20.1 Å². The number of carbonyl (C=O) groups excluding carboxylic acids is 1. The van der Waals surface area contributed by atoms with Gasteiger partial charge in [-0.2, -0.15) is 0 Å². The van der Waals surface area contributed by atoms with E-state index >= 15 is 0 Å². The maximum absolute atomic E-state index is 12.2. The lowest BCUT2D eigenvalue weighted by molar-refractivity contribution is -0.144. The van der Waals surface area contributed by atoms with E-state index < -0.39 is 13.9 Å². The second kappa shape index (κ2) is 24.0. The first kappa shape index (κ1) is 33.2. The maximum atomic E-state index is 12.2. The van der Waals surface area contributed by atoms with E-state index in [9.17, 15) is 9.36 Å². The molecule has 0 fully saturated rings. The van der Waals surface area contributed by atoms with E-state index in [1.807, 2.05) is 0 Å². The molecule has 0 aromatic carbocycles. The minimum atomic E-state index is -3.64. The number of unbranched alkanes of at least 4 members (excludes halogenated alkanes) is 11. The molecule has 0 saturated carbocycles. The van der Waals surface area contributed by atoms with Gasteiger partial charge in [-0.25, -0.2) is 4.57 Å². The van der Waals surface area contributed by atoms with Crippen molar-refractivity contribution in [2.75, 3.05) is 40.5 Å². The average molecular weight is 507 g/mol. The summed E-state index contributed by atoms with van der Waals surface area (Å²) in [6, 6.07) is -0.602. The van der Waals surface area contributed by atoms with Crippen LogP contribution in [-0.2, 0) is 27.7 Å². The Morgan fingerprint density at radius 1 is 0.912 bits per heavy atom. The molecule has 0 aliphatic heterocycles. The van der Waals surface area contributed by atoms with Gasteiger partial charge in [0.05, 0.1) is 19.3 Å². The fourth-order valence-corrected chi connectivity index (χ4v) is 4.22. The molecule has 2 atom stereocenters. The lowest BCUT2D eigenvalue weighted by atomic mass is 10.1. The van der Waals surface area contributed by atoms with E-state index in [2.05, 4.69) is 24.4 Å². The van der Waals surface area contributed by atoms with Crippen molar-refractivity contribution in [2.24, 2.45) is 5.73 Å².